The average molecular weight is 756 g/mol. The van der Waals surface area contributed by atoms with Gasteiger partial charge in [-0.05, 0) is 89.0 Å². The van der Waals surface area contributed by atoms with Crippen molar-refractivity contribution in [1.82, 2.24) is 14.1 Å². The van der Waals surface area contributed by atoms with E-state index in [1.165, 1.54) is 6.07 Å². The molecule has 7 aromatic carbocycles. The number of halogens is 3. The fourth-order valence-corrected chi connectivity index (χ4v) is 8.38. The number of aromatic nitrogens is 3. The van der Waals surface area contributed by atoms with E-state index in [4.69, 9.17) is 0 Å². The van der Waals surface area contributed by atoms with Crippen LogP contribution < -0.4 is 0 Å². The molecule has 0 aliphatic rings. The van der Waals surface area contributed by atoms with Gasteiger partial charge in [0.25, 0.3) is 0 Å². The van der Waals surface area contributed by atoms with Gasteiger partial charge in [-0.1, -0.05) is 91.0 Å². The molecule has 10 aromatic rings. The quantitative estimate of drug-likeness (QED) is 0.176. The van der Waals surface area contributed by atoms with Crippen LogP contribution in [0.1, 0.15) is 16.7 Å². The molecule has 5 nitrogen and oxygen atoms in total. The lowest BCUT2D eigenvalue weighted by molar-refractivity contribution is -0.137. The summed E-state index contributed by atoms with van der Waals surface area (Å²) in [4.78, 5) is 4.56. The van der Waals surface area contributed by atoms with Crippen LogP contribution in [0.25, 0.3) is 88.4 Å². The van der Waals surface area contributed by atoms with Crippen LogP contribution in [0.5, 0.6) is 0 Å². The fourth-order valence-electron chi connectivity index (χ4n) is 8.38. The number of hydrogen-bond acceptors (Lipinski definition) is 3. The maximum absolute atomic E-state index is 14.7. The summed E-state index contributed by atoms with van der Waals surface area (Å²) in [5.74, 6) is 0. The fraction of sp³-hybridized carbons (Fsp3) is 0.0200. The molecular formula is C50H28F3N5. The lowest BCUT2D eigenvalue weighted by atomic mass is 9.98. The van der Waals surface area contributed by atoms with E-state index >= 15 is 0 Å². The van der Waals surface area contributed by atoms with Gasteiger partial charge in [0.1, 0.15) is 0 Å². The highest BCUT2D eigenvalue weighted by Crippen LogP contribution is 2.44. The third kappa shape index (κ3) is 5.43. The summed E-state index contributed by atoms with van der Waals surface area (Å²) < 4.78 is 48.0. The van der Waals surface area contributed by atoms with Crippen molar-refractivity contribution in [3.8, 4) is 56.9 Å². The van der Waals surface area contributed by atoms with E-state index in [2.05, 4.69) is 33.8 Å². The average Bonchev–Trinajstić information content (AvgIpc) is 3.78. The van der Waals surface area contributed by atoms with Crippen molar-refractivity contribution in [2.45, 2.75) is 6.18 Å². The normalized spacial score (nSPS) is 11.7. The van der Waals surface area contributed by atoms with Gasteiger partial charge in [-0.3, -0.25) is 4.98 Å². The molecule has 10 rings (SSSR count). The number of para-hydroxylation sites is 2. The van der Waals surface area contributed by atoms with Crippen molar-refractivity contribution in [3.63, 3.8) is 0 Å². The summed E-state index contributed by atoms with van der Waals surface area (Å²) in [7, 11) is 0. The number of nitriles is 2. The Morgan fingerprint density at radius 2 is 0.931 bits per heavy atom. The molecule has 274 valence electrons. The zero-order chi connectivity index (χ0) is 39.5. The van der Waals surface area contributed by atoms with Crippen LogP contribution >= 0.6 is 0 Å². The summed E-state index contributed by atoms with van der Waals surface area (Å²) in [6.07, 6.45) is -1.18. The Labute approximate surface area is 330 Å². The maximum Gasteiger partial charge on any atom is 0.416 e. The van der Waals surface area contributed by atoms with Crippen molar-refractivity contribution in [2.24, 2.45) is 0 Å². The molecule has 58 heavy (non-hydrogen) atoms. The Bertz CT molecular complexity index is 3370. The van der Waals surface area contributed by atoms with Gasteiger partial charge in [-0.2, -0.15) is 23.7 Å². The molecule has 0 unspecified atom stereocenters. The second-order valence-electron chi connectivity index (χ2n) is 14.1. The zero-order valence-corrected chi connectivity index (χ0v) is 30.5. The van der Waals surface area contributed by atoms with Crippen LogP contribution in [-0.4, -0.2) is 14.1 Å². The van der Waals surface area contributed by atoms with E-state index in [0.717, 1.165) is 71.9 Å². The van der Waals surface area contributed by atoms with E-state index in [1.807, 2.05) is 120 Å². The van der Waals surface area contributed by atoms with E-state index in [1.54, 1.807) is 30.6 Å². The molecule has 0 fully saturated rings. The van der Waals surface area contributed by atoms with Gasteiger partial charge in [-0.15, -0.1) is 0 Å². The van der Waals surface area contributed by atoms with Gasteiger partial charge in [-0.25, -0.2) is 0 Å². The molecule has 0 amide bonds. The largest absolute Gasteiger partial charge is 0.416 e. The number of nitrogens with zero attached hydrogens (tertiary/aromatic N) is 5. The number of pyridine rings is 1. The molecular weight excluding hydrogens is 728 g/mol. The molecule has 0 bridgehead atoms. The van der Waals surface area contributed by atoms with Crippen LogP contribution in [0, 0.1) is 22.7 Å². The van der Waals surface area contributed by atoms with Gasteiger partial charge < -0.3 is 9.13 Å². The SMILES string of the molecule is N#Cc1ccccc1-c1ccc2c(c1)c1ccccc1n2-c1cnccc1-c1ccc(C(F)(F)F)cc1-n1c2ccccc2c2cc(-c3ccccc3C#N)ccc21. The topological polar surface area (TPSA) is 70.3 Å². The van der Waals surface area contributed by atoms with Gasteiger partial charge in [0.2, 0.25) is 0 Å². The monoisotopic (exact) mass is 755 g/mol. The molecule has 0 aliphatic heterocycles. The van der Waals surface area contributed by atoms with Crippen LogP contribution in [0.3, 0.4) is 0 Å². The zero-order valence-electron chi connectivity index (χ0n) is 30.5. The summed E-state index contributed by atoms with van der Waals surface area (Å²) in [5.41, 5.74) is 9.21. The number of fused-ring (bicyclic) bond motifs is 6. The maximum atomic E-state index is 14.7. The van der Waals surface area contributed by atoms with E-state index in [9.17, 15) is 23.7 Å². The predicted molar refractivity (Wildman–Crippen MR) is 224 cm³/mol. The molecule has 0 saturated heterocycles. The minimum Gasteiger partial charge on any atom is -0.309 e. The molecule has 0 aliphatic carbocycles. The van der Waals surface area contributed by atoms with E-state index in [-0.39, 0.29) is 0 Å². The minimum absolute atomic E-state index is 0.356. The van der Waals surface area contributed by atoms with Gasteiger partial charge >= 0.3 is 6.18 Å². The Morgan fingerprint density at radius 1 is 0.448 bits per heavy atom. The molecule has 0 saturated carbocycles. The second kappa shape index (κ2) is 13.4. The van der Waals surface area contributed by atoms with Crippen molar-refractivity contribution in [2.75, 3.05) is 0 Å². The number of rotatable bonds is 5. The Kier molecular flexibility index (Phi) is 7.96. The highest BCUT2D eigenvalue weighted by Gasteiger charge is 2.32. The molecule has 0 spiro atoms. The summed E-state index contributed by atoms with van der Waals surface area (Å²) in [5, 5.41) is 23.4. The van der Waals surface area contributed by atoms with Crippen LogP contribution in [-0.2, 0) is 6.18 Å². The Morgan fingerprint density at radius 3 is 1.48 bits per heavy atom. The third-order valence-electron chi connectivity index (χ3n) is 11.0. The number of alkyl halides is 3. The minimum atomic E-state index is -4.60. The van der Waals surface area contributed by atoms with Crippen LogP contribution in [0.15, 0.2) is 170 Å². The first-order valence-corrected chi connectivity index (χ1v) is 18.6. The standard InChI is InChI=1S/C50H28F3N5/c51-50(52,53)35-19-20-40(48(27-35)57-44-15-7-5-13-38(44)42-25-31(17-21-46(42)57)36-11-3-1-9-33(36)28-54)41-23-24-56-30-49(41)58-45-16-8-6-14-39(45)43-26-32(18-22-47(43)58)37-12-4-2-10-34(37)29-55/h1-27,30H. The van der Waals surface area contributed by atoms with Crippen molar-refractivity contribution in [1.29, 1.82) is 10.5 Å². The van der Waals surface area contributed by atoms with Crippen LogP contribution in [0.4, 0.5) is 13.2 Å². The van der Waals surface area contributed by atoms with Crippen LogP contribution in [0.2, 0.25) is 0 Å². The predicted octanol–water partition coefficient (Wildman–Crippen LogP) is 13.0. The lowest BCUT2D eigenvalue weighted by Crippen LogP contribution is -2.08. The summed E-state index contributed by atoms with van der Waals surface area (Å²) in [6, 6.07) is 52.9. The molecule has 0 atom stereocenters. The molecule has 0 radical (unpaired) electrons. The molecule has 3 heterocycles. The van der Waals surface area contributed by atoms with E-state index in [0.29, 0.717) is 33.6 Å². The van der Waals surface area contributed by atoms with Crippen molar-refractivity contribution >= 4 is 43.6 Å². The second-order valence-corrected chi connectivity index (χ2v) is 14.1. The van der Waals surface area contributed by atoms with Gasteiger partial charge in [0.15, 0.2) is 0 Å². The van der Waals surface area contributed by atoms with Crippen molar-refractivity contribution in [3.05, 3.63) is 187 Å². The third-order valence-corrected chi connectivity index (χ3v) is 11.0. The number of hydrogen-bond donors (Lipinski definition) is 0. The first-order valence-electron chi connectivity index (χ1n) is 18.6. The Hall–Kier alpha value is -7.94. The van der Waals surface area contributed by atoms with Gasteiger partial charge in [0, 0.05) is 38.9 Å². The smallest absolute Gasteiger partial charge is 0.309 e. The van der Waals surface area contributed by atoms with Crippen molar-refractivity contribution < 1.29 is 13.2 Å². The van der Waals surface area contributed by atoms with Gasteiger partial charge in [0.05, 0.1) is 68.5 Å². The highest BCUT2D eigenvalue weighted by atomic mass is 19.4. The molecule has 0 N–H and O–H groups in total. The summed E-state index contributed by atoms with van der Waals surface area (Å²) in [6.45, 7) is 0. The van der Waals surface area contributed by atoms with E-state index < -0.39 is 11.7 Å². The summed E-state index contributed by atoms with van der Waals surface area (Å²) >= 11 is 0. The number of benzene rings is 7. The highest BCUT2D eigenvalue weighted by molar-refractivity contribution is 6.13. The lowest BCUT2D eigenvalue weighted by Gasteiger charge is -2.20. The Balaban J connectivity index is 1.24. The molecule has 3 aromatic heterocycles. The first kappa shape index (κ1) is 34.5. The first-order chi connectivity index (χ1) is 28.3. The molecule has 8 heteroatoms.